The van der Waals surface area contributed by atoms with E-state index in [1.807, 2.05) is 6.07 Å². The number of fused-ring (bicyclic) bond motifs is 1. The van der Waals surface area contributed by atoms with Gasteiger partial charge in [-0.1, -0.05) is 61.5 Å². The highest BCUT2D eigenvalue weighted by atomic mass is 32.2. The molecule has 4 nitrogen and oxygen atoms in total. The zero-order valence-corrected chi connectivity index (χ0v) is 17.3. The minimum Gasteiger partial charge on any atom is -0.760 e. The maximum atomic E-state index is 10.8. The molecular weight excluding hydrogens is 368 g/mol. The van der Waals surface area contributed by atoms with Crippen LogP contribution in [0.3, 0.4) is 0 Å². The van der Waals surface area contributed by atoms with Gasteiger partial charge in [-0.15, -0.1) is 0 Å². The van der Waals surface area contributed by atoms with Crippen molar-refractivity contribution in [1.82, 2.24) is 9.62 Å². The van der Waals surface area contributed by atoms with Gasteiger partial charge in [-0.2, -0.15) is 0 Å². The molecule has 0 spiro atoms. The summed E-state index contributed by atoms with van der Waals surface area (Å²) >= 11 is -2.21. The number of nitrogens with zero attached hydrogens (tertiary/aromatic N) is 1. The summed E-state index contributed by atoms with van der Waals surface area (Å²) < 4.78 is 24.0. The summed E-state index contributed by atoms with van der Waals surface area (Å²) in [5.74, 6) is 1.48. The predicted octanol–water partition coefficient (Wildman–Crippen LogP) is 3.41. The van der Waals surface area contributed by atoms with Gasteiger partial charge in [-0.25, -0.2) is 4.72 Å². The van der Waals surface area contributed by atoms with E-state index in [1.165, 1.54) is 37.2 Å². The van der Waals surface area contributed by atoms with Crippen molar-refractivity contribution in [2.75, 3.05) is 19.6 Å². The van der Waals surface area contributed by atoms with Gasteiger partial charge in [0.15, 0.2) is 0 Å². The molecule has 1 aliphatic heterocycles. The Morgan fingerprint density at radius 1 is 1.11 bits per heavy atom. The van der Waals surface area contributed by atoms with Crippen molar-refractivity contribution in [1.29, 1.82) is 0 Å². The molecule has 2 fully saturated rings. The van der Waals surface area contributed by atoms with Crippen molar-refractivity contribution in [3.63, 3.8) is 0 Å². The second-order valence-corrected chi connectivity index (χ2v) is 8.97. The van der Waals surface area contributed by atoms with Crippen LogP contribution in [-0.4, -0.2) is 33.3 Å². The summed E-state index contributed by atoms with van der Waals surface area (Å²) in [6.07, 6.45) is 3.53. The minimum atomic E-state index is -2.21. The van der Waals surface area contributed by atoms with E-state index < -0.39 is 11.3 Å². The lowest BCUT2D eigenvalue weighted by atomic mass is 9.86. The number of benzene rings is 2. The third kappa shape index (κ3) is 3.94. The second kappa shape index (κ2) is 8.46. The van der Waals surface area contributed by atoms with Gasteiger partial charge < -0.3 is 9.45 Å². The number of nitrogens with one attached hydrogen (secondary N) is 1. The molecule has 28 heavy (non-hydrogen) atoms. The molecule has 2 aliphatic rings. The molecule has 1 aliphatic carbocycles. The maximum Gasteiger partial charge on any atom is 0.0322 e. The normalized spacial score (nSPS) is 27.5. The van der Waals surface area contributed by atoms with Gasteiger partial charge in [0.25, 0.3) is 0 Å². The fourth-order valence-electron chi connectivity index (χ4n) is 5.42. The molecular formula is C23H29N2O2S-. The highest BCUT2D eigenvalue weighted by Gasteiger charge is 2.67. The van der Waals surface area contributed by atoms with Crippen LogP contribution in [0.4, 0.5) is 0 Å². The van der Waals surface area contributed by atoms with E-state index in [2.05, 4.69) is 65.1 Å². The first-order valence-corrected chi connectivity index (χ1v) is 11.4. The monoisotopic (exact) mass is 397 g/mol. The van der Waals surface area contributed by atoms with E-state index in [0.29, 0.717) is 12.0 Å². The number of likely N-dealkylation sites (tertiary alicyclic amines) is 1. The van der Waals surface area contributed by atoms with Gasteiger partial charge in [-0.3, -0.25) is 4.21 Å². The minimum absolute atomic E-state index is 0.294. The van der Waals surface area contributed by atoms with Crippen molar-refractivity contribution in [3.8, 4) is 0 Å². The Hall–Kier alpha value is -1.53. The molecule has 0 radical (unpaired) electrons. The molecule has 0 aromatic heterocycles. The number of hydrogen-bond acceptors (Lipinski definition) is 3. The molecule has 0 bridgehead atoms. The standard InChI is InChI=1S/C23H30N2O2S/c1-2-23(20-12-6-10-19(14-20)15-24-28(26)27)21-16-25(17-22(21)23)13-7-11-18-8-4-3-5-9-18/h3-6,8-10,12,14,21-22,24H,2,7,11,13,15-17H2,1H3,(H,26,27)/p-1. The smallest absolute Gasteiger partial charge is 0.0322 e. The van der Waals surface area contributed by atoms with Crippen LogP contribution < -0.4 is 4.72 Å². The zero-order chi connectivity index (χ0) is 19.6. The van der Waals surface area contributed by atoms with Crippen molar-refractivity contribution in [3.05, 3.63) is 71.3 Å². The molecule has 0 amide bonds. The van der Waals surface area contributed by atoms with Crippen molar-refractivity contribution in [2.45, 2.75) is 38.1 Å². The van der Waals surface area contributed by atoms with E-state index in [9.17, 15) is 8.76 Å². The Bertz CT molecular complexity index is 814. The molecule has 2 aromatic carbocycles. The lowest BCUT2D eigenvalue weighted by Gasteiger charge is -2.27. The molecule has 2 aromatic rings. The predicted molar refractivity (Wildman–Crippen MR) is 112 cm³/mol. The van der Waals surface area contributed by atoms with E-state index >= 15 is 0 Å². The number of hydrogen-bond donors (Lipinski definition) is 1. The topological polar surface area (TPSA) is 55.4 Å². The van der Waals surface area contributed by atoms with Crippen LogP contribution in [-0.2, 0) is 29.6 Å². The second-order valence-electron chi connectivity index (χ2n) is 8.21. The molecule has 3 atom stereocenters. The molecule has 1 saturated heterocycles. The summed E-state index contributed by atoms with van der Waals surface area (Å²) in [5, 5.41) is 0. The summed E-state index contributed by atoms with van der Waals surface area (Å²) in [6, 6.07) is 19.3. The first-order valence-electron chi connectivity index (χ1n) is 10.3. The van der Waals surface area contributed by atoms with Crippen LogP contribution in [0.25, 0.3) is 0 Å². The van der Waals surface area contributed by atoms with Crippen molar-refractivity contribution >= 4 is 11.3 Å². The van der Waals surface area contributed by atoms with Crippen LogP contribution in [0.2, 0.25) is 0 Å². The quantitative estimate of drug-likeness (QED) is 0.660. The summed E-state index contributed by atoms with van der Waals surface area (Å²) in [5.41, 5.74) is 4.16. The lowest BCUT2D eigenvalue weighted by Crippen LogP contribution is -2.31. The van der Waals surface area contributed by atoms with Crippen LogP contribution in [0.5, 0.6) is 0 Å². The van der Waals surface area contributed by atoms with Gasteiger partial charge >= 0.3 is 0 Å². The van der Waals surface area contributed by atoms with Crippen LogP contribution >= 0.6 is 0 Å². The Labute approximate surface area is 170 Å². The SMILES string of the molecule is CCC1(c2cccc(CNS(=O)[O-])c2)C2CN(CCCc3ccccc3)CC21. The Morgan fingerprint density at radius 3 is 2.50 bits per heavy atom. The fraction of sp³-hybridized carbons (Fsp3) is 0.478. The van der Waals surface area contributed by atoms with E-state index in [0.717, 1.165) is 30.2 Å². The van der Waals surface area contributed by atoms with Crippen LogP contribution in [0.15, 0.2) is 54.6 Å². The average molecular weight is 398 g/mol. The third-order valence-electron chi connectivity index (χ3n) is 6.84. The molecule has 1 saturated carbocycles. The van der Waals surface area contributed by atoms with Crippen LogP contribution in [0, 0.1) is 11.8 Å². The highest BCUT2D eigenvalue weighted by Crippen LogP contribution is 2.65. The Balaban J connectivity index is 1.33. The average Bonchev–Trinajstić information content (AvgIpc) is 3.10. The number of piperidine rings is 1. The maximum absolute atomic E-state index is 10.8. The summed E-state index contributed by atoms with van der Waals surface area (Å²) in [7, 11) is 0. The fourth-order valence-corrected chi connectivity index (χ4v) is 5.70. The molecule has 1 N–H and O–H groups in total. The van der Waals surface area contributed by atoms with Gasteiger partial charge in [0.1, 0.15) is 0 Å². The van der Waals surface area contributed by atoms with Crippen molar-refractivity contribution < 1.29 is 8.76 Å². The van der Waals surface area contributed by atoms with Gasteiger partial charge in [0.2, 0.25) is 0 Å². The van der Waals surface area contributed by atoms with Gasteiger partial charge in [0.05, 0.1) is 0 Å². The summed E-state index contributed by atoms with van der Waals surface area (Å²) in [6.45, 7) is 6.24. The van der Waals surface area contributed by atoms with E-state index in [1.54, 1.807) is 0 Å². The molecule has 4 rings (SSSR count). The largest absolute Gasteiger partial charge is 0.760 e. The first-order chi connectivity index (χ1) is 13.6. The first kappa shape index (κ1) is 19.8. The zero-order valence-electron chi connectivity index (χ0n) is 16.5. The lowest BCUT2D eigenvalue weighted by molar-refractivity contribution is 0.266. The molecule has 5 heteroatoms. The Morgan fingerprint density at radius 2 is 1.82 bits per heavy atom. The number of aryl methyl sites for hydroxylation is 1. The highest BCUT2D eigenvalue weighted by molar-refractivity contribution is 7.77. The van der Waals surface area contributed by atoms with E-state index in [4.69, 9.17) is 0 Å². The van der Waals surface area contributed by atoms with Crippen molar-refractivity contribution in [2.24, 2.45) is 11.8 Å². The molecule has 150 valence electrons. The van der Waals surface area contributed by atoms with E-state index in [-0.39, 0.29) is 0 Å². The molecule has 3 unspecified atom stereocenters. The molecule has 1 heterocycles. The van der Waals surface area contributed by atoms with Gasteiger partial charge in [0, 0.05) is 36.3 Å². The number of rotatable bonds is 9. The third-order valence-corrected chi connectivity index (χ3v) is 7.22. The summed E-state index contributed by atoms with van der Waals surface area (Å²) in [4.78, 5) is 2.64. The van der Waals surface area contributed by atoms with Crippen LogP contribution in [0.1, 0.15) is 36.5 Å². The van der Waals surface area contributed by atoms with Gasteiger partial charge in [-0.05, 0) is 54.3 Å². The Kier molecular flexibility index (Phi) is 5.97.